The zero-order valence-corrected chi connectivity index (χ0v) is 6.88. The number of anilines is 1. The maximum atomic E-state index is 5.36. The number of aromatic nitrogens is 2. The molecule has 0 atom stereocenters. The molecule has 0 aliphatic heterocycles. The summed E-state index contributed by atoms with van der Waals surface area (Å²) in [6.45, 7) is 0. The summed E-state index contributed by atoms with van der Waals surface area (Å²) in [5.41, 5.74) is 5.36. The Morgan fingerprint density at radius 1 is 1.73 bits per heavy atom. The first-order valence-electron chi connectivity index (χ1n) is 3.01. The molecule has 2 N–H and O–H groups in total. The molecule has 5 heteroatoms. The third-order valence-electron chi connectivity index (χ3n) is 1.24. The van der Waals surface area contributed by atoms with Crippen LogP contribution in [0.1, 0.15) is 0 Å². The molecule has 1 aromatic heterocycles. The topological polar surface area (TPSA) is 55.0 Å². The molecule has 11 heavy (non-hydrogen) atoms. The van der Waals surface area contributed by atoms with Gasteiger partial charge in [0.1, 0.15) is 12.1 Å². The van der Waals surface area contributed by atoms with Crippen LogP contribution in [-0.2, 0) is 0 Å². The van der Waals surface area contributed by atoms with Crippen molar-refractivity contribution in [3.8, 4) is 0 Å². The fourth-order valence-corrected chi connectivity index (χ4v) is 0.689. The van der Waals surface area contributed by atoms with Gasteiger partial charge in [-0.05, 0) is 18.3 Å². The van der Waals surface area contributed by atoms with E-state index in [4.69, 9.17) is 18.0 Å². The van der Waals surface area contributed by atoms with E-state index in [9.17, 15) is 0 Å². The zero-order valence-electron chi connectivity index (χ0n) is 6.06. The number of rotatable bonds is 1. The van der Waals surface area contributed by atoms with E-state index in [-0.39, 0.29) is 0 Å². The smallest absolute Gasteiger partial charge is 0.171 e. The molecule has 0 fully saturated rings. The molecule has 0 saturated heterocycles. The minimum Gasteiger partial charge on any atom is -0.376 e. The van der Waals surface area contributed by atoms with Crippen molar-refractivity contribution in [2.75, 3.05) is 11.9 Å². The van der Waals surface area contributed by atoms with Crippen LogP contribution in [0.3, 0.4) is 0 Å². The lowest BCUT2D eigenvalue weighted by atomic mass is 10.5. The fourth-order valence-electron chi connectivity index (χ4n) is 0.595. The average Bonchev–Trinajstić information content (AvgIpc) is 2.05. The summed E-state index contributed by atoms with van der Waals surface area (Å²) in [5.74, 6) is 0.701. The van der Waals surface area contributed by atoms with Crippen LogP contribution in [0.5, 0.6) is 0 Å². The van der Waals surface area contributed by atoms with Gasteiger partial charge in [0, 0.05) is 13.2 Å². The van der Waals surface area contributed by atoms with Gasteiger partial charge in [-0.3, -0.25) is 0 Å². The molecule has 0 radical (unpaired) electrons. The van der Waals surface area contributed by atoms with Crippen LogP contribution in [0.15, 0.2) is 18.6 Å². The number of hydrogen-bond donors (Lipinski definition) is 1. The summed E-state index contributed by atoms with van der Waals surface area (Å²) in [6, 6.07) is 1.74. The van der Waals surface area contributed by atoms with Crippen molar-refractivity contribution < 1.29 is 0 Å². The van der Waals surface area contributed by atoms with E-state index < -0.39 is 0 Å². The summed E-state index contributed by atoms with van der Waals surface area (Å²) in [5, 5.41) is 0.295. The SMILES string of the molecule is CN(C(N)=S)c1ccncn1. The van der Waals surface area contributed by atoms with Crippen molar-refractivity contribution in [3.63, 3.8) is 0 Å². The maximum Gasteiger partial charge on any atom is 0.171 e. The minimum absolute atomic E-state index is 0.295. The number of hydrogen-bond acceptors (Lipinski definition) is 3. The molecule has 0 aromatic carbocycles. The van der Waals surface area contributed by atoms with Crippen molar-refractivity contribution in [3.05, 3.63) is 18.6 Å². The van der Waals surface area contributed by atoms with Crippen molar-refractivity contribution >= 4 is 23.1 Å². The molecule has 1 rings (SSSR count). The third-order valence-corrected chi connectivity index (χ3v) is 1.51. The predicted octanol–water partition coefficient (Wildman–Crippen LogP) is 0.156. The highest BCUT2D eigenvalue weighted by Crippen LogP contribution is 2.03. The van der Waals surface area contributed by atoms with Crippen molar-refractivity contribution in [1.29, 1.82) is 0 Å². The molecule has 0 unspecified atom stereocenters. The monoisotopic (exact) mass is 168 g/mol. The molecule has 0 amide bonds. The average molecular weight is 168 g/mol. The molecule has 0 spiro atoms. The summed E-state index contributed by atoms with van der Waals surface area (Å²) in [6.07, 6.45) is 3.08. The highest BCUT2D eigenvalue weighted by molar-refractivity contribution is 7.80. The molecule has 1 heterocycles. The second kappa shape index (κ2) is 3.25. The normalized spacial score (nSPS) is 9.18. The Kier molecular flexibility index (Phi) is 2.32. The molecule has 58 valence electrons. The standard InChI is InChI=1S/C6H8N4S/c1-10(6(7)11)5-2-3-8-4-9-5/h2-4H,1H3,(H2,7,11). The Hall–Kier alpha value is -1.23. The van der Waals surface area contributed by atoms with Crippen LogP contribution >= 0.6 is 12.2 Å². The molecule has 0 aliphatic carbocycles. The molecular weight excluding hydrogens is 160 g/mol. The predicted molar refractivity (Wildman–Crippen MR) is 47.2 cm³/mol. The van der Waals surface area contributed by atoms with E-state index in [1.54, 1.807) is 24.2 Å². The summed E-state index contributed by atoms with van der Waals surface area (Å²) < 4.78 is 0. The van der Waals surface area contributed by atoms with Gasteiger partial charge in [-0.2, -0.15) is 0 Å². The number of thiocarbonyl (C=S) groups is 1. The van der Waals surface area contributed by atoms with Gasteiger partial charge < -0.3 is 10.6 Å². The maximum absolute atomic E-state index is 5.36. The van der Waals surface area contributed by atoms with Crippen molar-refractivity contribution in [2.24, 2.45) is 5.73 Å². The van der Waals surface area contributed by atoms with Gasteiger partial charge >= 0.3 is 0 Å². The van der Waals surface area contributed by atoms with Crippen LogP contribution in [0.2, 0.25) is 0 Å². The van der Waals surface area contributed by atoms with E-state index in [1.165, 1.54) is 6.33 Å². The lowest BCUT2D eigenvalue weighted by Gasteiger charge is -2.14. The van der Waals surface area contributed by atoms with Crippen LogP contribution in [0.25, 0.3) is 0 Å². The summed E-state index contributed by atoms with van der Waals surface area (Å²) in [7, 11) is 1.75. The van der Waals surface area contributed by atoms with Gasteiger partial charge in [-0.1, -0.05) is 0 Å². The largest absolute Gasteiger partial charge is 0.376 e. The second-order valence-electron chi connectivity index (χ2n) is 1.96. The van der Waals surface area contributed by atoms with Crippen LogP contribution in [0, 0.1) is 0 Å². The van der Waals surface area contributed by atoms with Gasteiger partial charge in [0.2, 0.25) is 0 Å². The van der Waals surface area contributed by atoms with E-state index in [2.05, 4.69) is 9.97 Å². The van der Waals surface area contributed by atoms with Gasteiger partial charge in [-0.25, -0.2) is 9.97 Å². The highest BCUT2D eigenvalue weighted by Gasteiger charge is 2.01. The Labute approximate surface area is 70.1 Å². The Morgan fingerprint density at radius 2 is 2.45 bits per heavy atom. The first-order chi connectivity index (χ1) is 5.22. The second-order valence-corrected chi connectivity index (χ2v) is 2.38. The van der Waals surface area contributed by atoms with Crippen LogP contribution in [0.4, 0.5) is 5.82 Å². The molecule has 4 nitrogen and oxygen atoms in total. The first kappa shape index (κ1) is 7.87. The first-order valence-corrected chi connectivity index (χ1v) is 3.42. The van der Waals surface area contributed by atoms with Crippen LogP contribution < -0.4 is 10.6 Å². The van der Waals surface area contributed by atoms with E-state index in [0.29, 0.717) is 10.9 Å². The van der Waals surface area contributed by atoms with E-state index >= 15 is 0 Å². The van der Waals surface area contributed by atoms with E-state index in [0.717, 1.165) is 0 Å². The quantitative estimate of drug-likeness (QED) is 0.605. The molecule has 0 aliphatic rings. The molecule has 1 aromatic rings. The molecule has 0 bridgehead atoms. The van der Waals surface area contributed by atoms with Crippen molar-refractivity contribution in [1.82, 2.24) is 9.97 Å². The number of nitrogens with two attached hydrogens (primary N) is 1. The minimum atomic E-state index is 0.295. The zero-order chi connectivity index (χ0) is 8.27. The van der Waals surface area contributed by atoms with Gasteiger partial charge in [0.05, 0.1) is 0 Å². The van der Waals surface area contributed by atoms with E-state index in [1.807, 2.05) is 0 Å². The lowest BCUT2D eigenvalue weighted by Crippen LogP contribution is -2.32. The highest BCUT2D eigenvalue weighted by atomic mass is 32.1. The summed E-state index contributed by atoms with van der Waals surface area (Å²) in [4.78, 5) is 9.32. The van der Waals surface area contributed by atoms with Crippen LogP contribution in [-0.4, -0.2) is 22.1 Å². The lowest BCUT2D eigenvalue weighted by molar-refractivity contribution is 1.10. The van der Waals surface area contributed by atoms with Gasteiger partial charge in [0.15, 0.2) is 5.11 Å². The molecular formula is C6H8N4S. The number of nitrogens with zero attached hydrogens (tertiary/aromatic N) is 3. The summed E-state index contributed by atoms with van der Waals surface area (Å²) >= 11 is 4.74. The van der Waals surface area contributed by atoms with Gasteiger partial charge in [-0.15, -0.1) is 0 Å². The van der Waals surface area contributed by atoms with Gasteiger partial charge in [0.25, 0.3) is 0 Å². The van der Waals surface area contributed by atoms with Crippen molar-refractivity contribution in [2.45, 2.75) is 0 Å². The third kappa shape index (κ3) is 1.84. The Morgan fingerprint density at radius 3 is 2.91 bits per heavy atom. The Balaban J connectivity index is 2.85. The molecule has 0 saturated carbocycles. The fraction of sp³-hybridized carbons (Fsp3) is 0.167. The Bertz CT molecular complexity index is 248.